The second kappa shape index (κ2) is 3.93. The third kappa shape index (κ3) is 1.92. The van der Waals surface area contributed by atoms with Gasteiger partial charge in [0.15, 0.2) is 0 Å². The highest BCUT2D eigenvalue weighted by Crippen LogP contribution is 2.30. The van der Waals surface area contributed by atoms with Crippen molar-refractivity contribution in [1.29, 1.82) is 0 Å². The summed E-state index contributed by atoms with van der Waals surface area (Å²) in [4.78, 5) is 0. The Kier molecular flexibility index (Phi) is 2.65. The average Bonchev–Trinajstić information content (AvgIpc) is 2.20. The molecule has 1 heterocycles. The van der Waals surface area contributed by atoms with Crippen LogP contribution in [0.3, 0.4) is 0 Å². The molecule has 1 aliphatic heterocycles. The van der Waals surface area contributed by atoms with E-state index >= 15 is 0 Å². The van der Waals surface area contributed by atoms with Crippen LogP contribution >= 0.6 is 0 Å². The molecule has 0 spiro atoms. The third-order valence-corrected chi connectivity index (χ3v) is 2.93. The first kappa shape index (κ1) is 8.76. The van der Waals surface area contributed by atoms with Crippen molar-refractivity contribution in [1.82, 2.24) is 0 Å². The van der Waals surface area contributed by atoms with Crippen molar-refractivity contribution in [2.45, 2.75) is 19.3 Å². The summed E-state index contributed by atoms with van der Waals surface area (Å²) in [5, 5.41) is 0. The molecule has 1 aliphatic rings. The molecule has 1 heteroatoms. The molecule has 1 saturated heterocycles. The highest BCUT2D eigenvalue weighted by Gasteiger charge is 2.22. The molecule has 0 aliphatic carbocycles. The number of hydrogen-bond acceptors (Lipinski definition) is 1. The Labute approximate surface area is 79.7 Å². The summed E-state index contributed by atoms with van der Waals surface area (Å²) in [6, 6.07) is 10.7. The average molecular weight is 176 g/mol. The molecule has 0 bridgehead atoms. The Morgan fingerprint density at radius 3 is 2.69 bits per heavy atom. The highest BCUT2D eigenvalue weighted by molar-refractivity contribution is 5.20. The van der Waals surface area contributed by atoms with Gasteiger partial charge in [-0.15, -0.1) is 0 Å². The molecule has 1 nitrogen and oxygen atoms in total. The van der Waals surface area contributed by atoms with Crippen LogP contribution in [0, 0.1) is 5.92 Å². The Bertz CT molecular complexity index is 255. The van der Waals surface area contributed by atoms with Crippen LogP contribution in [0.15, 0.2) is 30.3 Å². The normalized spacial score (nSPS) is 28.7. The molecule has 0 N–H and O–H groups in total. The molecule has 0 amide bonds. The van der Waals surface area contributed by atoms with Crippen LogP contribution in [0.2, 0.25) is 0 Å². The summed E-state index contributed by atoms with van der Waals surface area (Å²) >= 11 is 0. The zero-order chi connectivity index (χ0) is 9.10. The second-order valence-electron chi connectivity index (χ2n) is 3.86. The third-order valence-electron chi connectivity index (χ3n) is 2.93. The lowest BCUT2D eigenvalue weighted by Gasteiger charge is -2.29. The molecule has 2 atom stereocenters. The molecule has 0 saturated carbocycles. The summed E-state index contributed by atoms with van der Waals surface area (Å²) in [5.74, 6) is 1.37. The molecule has 1 aromatic rings. The molecule has 1 aromatic carbocycles. The van der Waals surface area contributed by atoms with E-state index in [1.54, 1.807) is 0 Å². The molecule has 70 valence electrons. The minimum atomic E-state index is 0.606. The van der Waals surface area contributed by atoms with E-state index in [4.69, 9.17) is 4.74 Å². The minimum absolute atomic E-state index is 0.606. The van der Waals surface area contributed by atoms with Crippen molar-refractivity contribution in [3.05, 3.63) is 35.9 Å². The number of benzene rings is 1. The van der Waals surface area contributed by atoms with E-state index in [2.05, 4.69) is 37.3 Å². The van der Waals surface area contributed by atoms with Crippen LogP contribution in [0.25, 0.3) is 0 Å². The Morgan fingerprint density at radius 1 is 1.23 bits per heavy atom. The fourth-order valence-electron chi connectivity index (χ4n) is 1.97. The van der Waals surface area contributed by atoms with Crippen LogP contribution in [-0.2, 0) is 4.74 Å². The quantitative estimate of drug-likeness (QED) is 0.639. The molecule has 0 aromatic heterocycles. The van der Waals surface area contributed by atoms with Gasteiger partial charge in [-0.25, -0.2) is 0 Å². The van der Waals surface area contributed by atoms with Gasteiger partial charge in [-0.2, -0.15) is 0 Å². The van der Waals surface area contributed by atoms with Gasteiger partial charge in [0.2, 0.25) is 0 Å². The molecule has 0 unspecified atom stereocenters. The van der Waals surface area contributed by atoms with Crippen LogP contribution in [0.5, 0.6) is 0 Å². The van der Waals surface area contributed by atoms with Gasteiger partial charge in [-0.05, 0) is 17.9 Å². The van der Waals surface area contributed by atoms with Gasteiger partial charge in [-0.1, -0.05) is 37.3 Å². The Hall–Kier alpha value is -0.820. The fourth-order valence-corrected chi connectivity index (χ4v) is 1.97. The van der Waals surface area contributed by atoms with Crippen molar-refractivity contribution in [2.75, 3.05) is 13.2 Å². The molecule has 0 radical (unpaired) electrons. The van der Waals surface area contributed by atoms with E-state index in [9.17, 15) is 0 Å². The predicted molar refractivity (Wildman–Crippen MR) is 53.8 cm³/mol. The summed E-state index contributed by atoms with van der Waals surface area (Å²) in [7, 11) is 0. The zero-order valence-corrected chi connectivity index (χ0v) is 8.07. The van der Waals surface area contributed by atoms with Gasteiger partial charge in [-0.3, -0.25) is 0 Å². The molecule has 13 heavy (non-hydrogen) atoms. The van der Waals surface area contributed by atoms with E-state index in [1.165, 1.54) is 12.0 Å². The van der Waals surface area contributed by atoms with Gasteiger partial charge < -0.3 is 4.74 Å². The van der Waals surface area contributed by atoms with Crippen molar-refractivity contribution in [3.8, 4) is 0 Å². The van der Waals surface area contributed by atoms with Crippen molar-refractivity contribution in [2.24, 2.45) is 5.92 Å². The van der Waals surface area contributed by atoms with Crippen LogP contribution in [0.4, 0.5) is 0 Å². The van der Waals surface area contributed by atoms with E-state index in [1.807, 2.05) is 0 Å². The number of ether oxygens (including phenoxy) is 1. The van der Waals surface area contributed by atoms with Crippen molar-refractivity contribution < 1.29 is 4.74 Å². The van der Waals surface area contributed by atoms with Gasteiger partial charge in [0, 0.05) is 12.5 Å². The summed E-state index contributed by atoms with van der Waals surface area (Å²) in [6.07, 6.45) is 1.19. The first-order chi connectivity index (χ1) is 6.38. The lowest BCUT2D eigenvalue weighted by Crippen LogP contribution is -2.23. The maximum absolute atomic E-state index is 5.51. The maximum atomic E-state index is 5.51. The highest BCUT2D eigenvalue weighted by atomic mass is 16.5. The van der Waals surface area contributed by atoms with Gasteiger partial charge >= 0.3 is 0 Å². The molecule has 1 fully saturated rings. The van der Waals surface area contributed by atoms with Gasteiger partial charge in [0.05, 0.1) is 6.61 Å². The Morgan fingerprint density at radius 2 is 2.00 bits per heavy atom. The van der Waals surface area contributed by atoms with Gasteiger partial charge in [0.25, 0.3) is 0 Å². The van der Waals surface area contributed by atoms with Crippen molar-refractivity contribution >= 4 is 0 Å². The van der Waals surface area contributed by atoms with Gasteiger partial charge in [0.1, 0.15) is 0 Å². The van der Waals surface area contributed by atoms with Crippen LogP contribution in [0.1, 0.15) is 24.8 Å². The van der Waals surface area contributed by atoms with Crippen LogP contribution < -0.4 is 0 Å². The first-order valence-electron chi connectivity index (χ1n) is 5.00. The minimum Gasteiger partial charge on any atom is -0.381 e. The second-order valence-corrected chi connectivity index (χ2v) is 3.86. The number of hydrogen-bond donors (Lipinski definition) is 0. The zero-order valence-electron chi connectivity index (χ0n) is 8.07. The van der Waals surface area contributed by atoms with E-state index in [0.29, 0.717) is 5.92 Å². The molecular formula is C12H16O. The largest absolute Gasteiger partial charge is 0.381 e. The maximum Gasteiger partial charge on any atom is 0.0537 e. The lowest BCUT2D eigenvalue weighted by atomic mass is 9.85. The fraction of sp³-hybridized carbons (Fsp3) is 0.500. The lowest BCUT2D eigenvalue weighted by molar-refractivity contribution is 0.0523. The number of rotatable bonds is 1. The first-order valence-corrected chi connectivity index (χ1v) is 5.00. The smallest absolute Gasteiger partial charge is 0.0537 e. The van der Waals surface area contributed by atoms with E-state index < -0.39 is 0 Å². The summed E-state index contributed by atoms with van der Waals surface area (Å²) < 4.78 is 5.51. The predicted octanol–water partition coefficient (Wildman–Crippen LogP) is 2.83. The summed E-state index contributed by atoms with van der Waals surface area (Å²) in [6.45, 7) is 4.15. The molecule has 2 rings (SSSR count). The van der Waals surface area contributed by atoms with Crippen LogP contribution in [-0.4, -0.2) is 13.2 Å². The van der Waals surface area contributed by atoms with E-state index in [-0.39, 0.29) is 0 Å². The SMILES string of the molecule is C[C@@H]1CCOC[C@H]1c1ccccc1. The topological polar surface area (TPSA) is 9.23 Å². The summed E-state index contributed by atoms with van der Waals surface area (Å²) in [5.41, 5.74) is 1.43. The monoisotopic (exact) mass is 176 g/mol. The standard InChI is InChI=1S/C12H16O/c1-10-7-8-13-9-12(10)11-5-3-2-4-6-11/h2-6,10,12H,7-9H2,1H3/t10-,12-/m1/s1. The van der Waals surface area contributed by atoms with E-state index in [0.717, 1.165) is 19.1 Å². The molecular weight excluding hydrogens is 160 g/mol. The Balaban J connectivity index is 2.15. The van der Waals surface area contributed by atoms with Crippen molar-refractivity contribution in [3.63, 3.8) is 0 Å².